The Morgan fingerprint density at radius 2 is 2.10 bits per heavy atom. The number of amides is 2. The minimum Gasteiger partial charge on any atom is -0.495 e. The highest BCUT2D eigenvalue weighted by Gasteiger charge is 2.18. The second-order valence-electron chi connectivity index (χ2n) is 4.75. The van der Waals surface area contributed by atoms with Gasteiger partial charge in [0.1, 0.15) is 5.75 Å². The average Bonchev–Trinajstić information content (AvgIpc) is 2.38. The summed E-state index contributed by atoms with van der Waals surface area (Å²) in [4.78, 5) is 24.1. The Bertz CT molecular complexity index is 502. The third-order valence-corrected chi connectivity index (χ3v) is 2.91. The molecule has 0 aliphatic carbocycles. The molecule has 0 bridgehead atoms. The average molecular weight is 280 g/mol. The summed E-state index contributed by atoms with van der Waals surface area (Å²) in [6, 6.07) is 5.07. The van der Waals surface area contributed by atoms with E-state index in [1.165, 1.54) is 12.0 Å². The molecule has 1 rings (SSSR count). The van der Waals surface area contributed by atoms with Crippen LogP contribution in [-0.4, -0.2) is 42.7 Å². The number of carboxylic acids is 1. The van der Waals surface area contributed by atoms with Crippen LogP contribution in [0.5, 0.6) is 5.75 Å². The third-order valence-electron chi connectivity index (χ3n) is 2.91. The molecule has 0 radical (unpaired) electrons. The quantitative estimate of drug-likeness (QED) is 0.866. The van der Waals surface area contributed by atoms with Gasteiger partial charge in [0, 0.05) is 13.6 Å². The monoisotopic (exact) mass is 280 g/mol. The van der Waals surface area contributed by atoms with Crippen LogP contribution in [-0.2, 0) is 4.79 Å². The van der Waals surface area contributed by atoms with Crippen molar-refractivity contribution in [1.82, 2.24) is 4.90 Å². The Morgan fingerprint density at radius 3 is 2.65 bits per heavy atom. The number of carbonyl (C=O) groups is 2. The van der Waals surface area contributed by atoms with E-state index in [0.29, 0.717) is 11.4 Å². The van der Waals surface area contributed by atoms with E-state index in [1.807, 2.05) is 13.0 Å². The van der Waals surface area contributed by atoms with Crippen LogP contribution in [0.25, 0.3) is 0 Å². The Morgan fingerprint density at radius 1 is 1.45 bits per heavy atom. The van der Waals surface area contributed by atoms with Crippen molar-refractivity contribution in [2.75, 3.05) is 26.0 Å². The highest BCUT2D eigenvalue weighted by Crippen LogP contribution is 2.25. The van der Waals surface area contributed by atoms with E-state index in [-0.39, 0.29) is 12.6 Å². The number of carbonyl (C=O) groups excluding carboxylic acids is 1. The van der Waals surface area contributed by atoms with E-state index >= 15 is 0 Å². The maximum Gasteiger partial charge on any atom is 0.321 e. The second kappa shape index (κ2) is 6.79. The summed E-state index contributed by atoms with van der Waals surface area (Å²) >= 11 is 0. The lowest BCUT2D eigenvalue weighted by Gasteiger charge is -2.21. The predicted octanol–water partition coefficient (Wildman–Crippen LogP) is 2.19. The van der Waals surface area contributed by atoms with Gasteiger partial charge in [-0.05, 0) is 24.6 Å². The zero-order valence-corrected chi connectivity index (χ0v) is 12.1. The molecule has 0 aliphatic heterocycles. The first-order chi connectivity index (χ1) is 9.35. The van der Waals surface area contributed by atoms with Crippen LogP contribution in [0.1, 0.15) is 12.5 Å². The van der Waals surface area contributed by atoms with Gasteiger partial charge in [-0.25, -0.2) is 4.79 Å². The van der Waals surface area contributed by atoms with Crippen LogP contribution < -0.4 is 10.1 Å². The van der Waals surface area contributed by atoms with Gasteiger partial charge in [0.15, 0.2) is 0 Å². The van der Waals surface area contributed by atoms with Crippen LogP contribution in [0.3, 0.4) is 0 Å². The summed E-state index contributed by atoms with van der Waals surface area (Å²) < 4.78 is 5.17. The van der Waals surface area contributed by atoms with Gasteiger partial charge < -0.3 is 20.1 Å². The fourth-order valence-electron chi connectivity index (χ4n) is 1.70. The Kier molecular flexibility index (Phi) is 5.37. The molecule has 0 heterocycles. The van der Waals surface area contributed by atoms with Gasteiger partial charge in [-0.1, -0.05) is 13.0 Å². The van der Waals surface area contributed by atoms with Gasteiger partial charge in [-0.15, -0.1) is 0 Å². The number of ether oxygens (including phenoxy) is 1. The molecule has 1 unspecified atom stereocenters. The number of methoxy groups -OCH3 is 1. The maximum absolute atomic E-state index is 12.0. The van der Waals surface area contributed by atoms with Crippen molar-refractivity contribution < 1.29 is 19.4 Å². The van der Waals surface area contributed by atoms with Crippen molar-refractivity contribution in [2.24, 2.45) is 5.92 Å². The summed E-state index contributed by atoms with van der Waals surface area (Å²) in [5, 5.41) is 11.6. The molecule has 0 saturated carbocycles. The lowest BCUT2D eigenvalue weighted by Crippen LogP contribution is -2.36. The summed E-state index contributed by atoms with van der Waals surface area (Å²) in [5.41, 5.74) is 1.55. The Labute approximate surface area is 118 Å². The smallest absolute Gasteiger partial charge is 0.321 e. The number of anilines is 1. The topological polar surface area (TPSA) is 78.9 Å². The summed E-state index contributed by atoms with van der Waals surface area (Å²) in [6.45, 7) is 3.60. The van der Waals surface area contributed by atoms with E-state index in [2.05, 4.69) is 5.32 Å². The number of benzene rings is 1. The molecule has 110 valence electrons. The number of hydrogen-bond acceptors (Lipinski definition) is 3. The van der Waals surface area contributed by atoms with E-state index in [9.17, 15) is 9.59 Å². The van der Waals surface area contributed by atoms with Crippen LogP contribution in [0, 0.1) is 12.8 Å². The first-order valence-electron chi connectivity index (χ1n) is 6.24. The highest BCUT2D eigenvalue weighted by atomic mass is 16.5. The number of nitrogens with zero attached hydrogens (tertiary/aromatic N) is 1. The number of aliphatic carboxylic acids is 1. The number of hydrogen-bond donors (Lipinski definition) is 2. The molecule has 0 fully saturated rings. The normalized spacial score (nSPS) is 11.6. The van der Waals surface area contributed by atoms with Gasteiger partial charge in [-0.3, -0.25) is 4.79 Å². The summed E-state index contributed by atoms with van der Waals surface area (Å²) in [6.07, 6.45) is 0. The summed E-state index contributed by atoms with van der Waals surface area (Å²) in [7, 11) is 3.08. The zero-order valence-electron chi connectivity index (χ0n) is 12.1. The van der Waals surface area contributed by atoms with Crippen molar-refractivity contribution in [3.63, 3.8) is 0 Å². The van der Waals surface area contributed by atoms with Crippen molar-refractivity contribution >= 4 is 17.7 Å². The van der Waals surface area contributed by atoms with Crippen LogP contribution in [0.4, 0.5) is 10.5 Å². The second-order valence-corrected chi connectivity index (χ2v) is 4.75. The molecule has 1 aromatic carbocycles. The maximum atomic E-state index is 12.0. The SMILES string of the molecule is COc1ccc(C)cc1NC(=O)N(C)CC(C)C(=O)O. The lowest BCUT2D eigenvalue weighted by atomic mass is 10.2. The molecule has 6 nitrogen and oxygen atoms in total. The number of urea groups is 1. The standard InChI is InChI=1S/C14H20N2O4/c1-9-5-6-12(20-4)11(7-9)15-14(19)16(3)8-10(2)13(17)18/h5-7,10H,8H2,1-4H3,(H,15,19)(H,17,18). The minimum absolute atomic E-state index is 0.134. The molecule has 6 heteroatoms. The van der Waals surface area contributed by atoms with E-state index in [1.54, 1.807) is 26.1 Å². The van der Waals surface area contributed by atoms with Gasteiger partial charge in [0.05, 0.1) is 18.7 Å². The largest absolute Gasteiger partial charge is 0.495 e. The fraction of sp³-hybridized carbons (Fsp3) is 0.429. The molecule has 2 N–H and O–H groups in total. The first kappa shape index (κ1) is 15.8. The predicted molar refractivity (Wildman–Crippen MR) is 76.2 cm³/mol. The third kappa shape index (κ3) is 4.15. The van der Waals surface area contributed by atoms with E-state index < -0.39 is 11.9 Å². The highest BCUT2D eigenvalue weighted by molar-refractivity contribution is 5.91. The first-order valence-corrected chi connectivity index (χ1v) is 6.24. The Hall–Kier alpha value is -2.24. The fourth-order valence-corrected chi connectivity index (χ4v) is 1.70. The van der Waals surface area contributed by atoms with Crippen molar-refractivity contribution in [3.8, 4) is 5.75 Å². The zero-order chi connectivity index (χ0) is 15.3. The van der Waals surface area contributed by atoms with Crippen LogP contribution >= 0.6 is 0 Å². The van der Waals surface area contributed by atoms with Crippen molar-refractivity contribution in [2.45, 2.75) is 13.8 Å². The Balaban J connectivity index is 2.75. The molecule has 1 atom stereocenters. The van der Waals surface area contributed by atoms with Gasteiger partial charge in [0.2, 0.25) is 0 Å². The van der Waals surface area contributed by atoms with Crippen molar-refractivity contribution in [3.05, 3.63) is 23.8 Å². The summed E-state index contributed by atoms with van der Waals surface area (Å²) in [5.74, 6) is -0.994. The molecular weight excluding hydrogens is 260 g/mol. The molecule has 0 saturated heterocycles. The van der Waals surface area contributed by atoms with Crippen LogP contribution in [0.2, 0.25) is 0 Å². The van der Waals surface area contributed by atoms with Gasteiger partial charge >= 0.3 is 12.0 Å². The lowest BCUT2D eigenvalue weighted by molar-refractivity contribution is -0.141. The number of nitrogens with one attached hydrogen (secondary N) is 1. The van der Waals surface area contributed by atoms with E-state index in [4.69, 9.17) is 9.84 Å². The number of carboxylic acid groups (broad SMARTS) is 1. The van der Waals surface area contributed by atoms with Crippen LogP contribution in [0.15, 0.2) is 18.2 Å². The van der Waals surface area contributed by atoms with Gasteiger partial charge in [-0.2, -0.15) is 0 Å². The number of aryl methyl sites for hydroxylation is 1. The molecule has 1 aromatic rings. The minimum atomic E-state index is -0.933. The van der Waals surface area contributed by atoms with E-state index in [0.717, 1.165) is 5.56 Å². The molecule has 2 amide bonds. The molecule has 20 heavy (non-hydrogen) atoms. The molecule has 0 spiro atoms. The molecule has 0 aliphatic rings. The molecule has 0 aromatic heterocycles. The van der Waals surface area contributed by atoms with Gasteiger partial charge in [0.25, 0.3) is 0 Å². The van der Waals surface area contributed by atoms with Crippen molar-refractivity contribution in [1.29, 1.82) is 0 Å². The molecular formula is C14H20N2O4. The number of rotatable bonds is 5.